The Labute approximate surface area is 110 Å². The minimum Gasteiger partial charge on any atom is -0.487 e. The molecular weight excluding hydrogens is 248 g/mol. The zero-order valence-electron chi connectivity index (χ0n) is 10.4. The third-order valence-corrected chi connectivity index (χ3v) is 2.64. The number of benzene rings is 1. The van der Waals surface area contributed by atoms with Gasteiger partial charge in [-0.25, -0.2) is 4.79 Å². The number of aliphatic carboxylic acids is 1. The molecule has 2 rings (SSSR count). The Morgan fingerprint density at radius 2 is 2.05 bits per heavy atom. The molecule has 0 aliphatic carbocycles. The molecule has 5 nitrogen and oxygen atoms in total. The average molecular weight is 262 g/mol. The Hall–Kier alpha value is -2.27. The maximum Gasteiger partial charge on any atom is 0.371 e. The van der Waals surface area contributed by atoms with E-state index in [4.69, 9.17) is 14.6 Å². The molecule has 0 amide bonds. The largest absolute Gasteiger partial charge is 0.487 e. The molecule has 0 bridgehead atoms. The predicted octanol–water partition coefficient (Wildman–Crippen LogP) is 1.79. The maximum atomic E-state index is 10.8. The summed E-state index contributed by atoms with van der Waals surface area (Å²) in [5.74, 6) is -1.03. The van der Waals surface area contributed by atoms with Gasteiger partial charge in [-0.05, 0) is 12.5 Å². The Morgan fingerprint density at radius 1 is 1.37 bits per heavy atom. The van der Waals surface area contributed by atoms with Crippen molar-refractivity contribution < 1.29 is 24.5 Å². The first-order valence-electron chi connectivity index (χ1n) is 5.76. The minimum absolute atomic E-state index is 0.230. The Bertz CT molecular complexity index is 530. The first-order chi connectivity index (χ1) is 9.08. The van der Waals surface area contributed by atoms with Gasteiger partial charge in [-0.3, -0.25) is 0 Å². The molecule has 1 atom stereocenters. The molecule has 0 aromatic heterocycles. The summed E-state index contributed by atoms with van der Waals surface area (Å²) in [4.78, 5) is 10.8. The molecule has 1 aromatic carbocycles. The van der Waals surface area contributed by atoms with E-state index in [1.54, 1.807) is 6.92 Å². The summed E-state index contributed by atoms with van der Waals surface area (Å²) in [5.41, 5.74) is 0.947. The summed E-state index contributed by atoms with van der Waals surface area (Å²) in [5, 5.41) is 18.6. The van der Waals surface area contributed by atoms with Crippen LogP contribution in [0.4, 0.5) is 0 Å². The highest BCUT2D eigenvalue weighted by Gasteiger charge is 2.25. The van der Waals surface area contributed by atoms with Crippen LogP contribution in [0, 0.1) is 0 Å². The van der Waals surface area contributed by atoms with Gasteiger partial charge in [0.15, 0.2) is 5.76 Å². The highest BCUT2D eigenvalue weighted by molar-refractivity contribution is 5.84. The van der Waals surface area contributed by atoms with Gasteiger partial charge in [0.05, 0.1) is 0 Å². The number of aliphatic hydroxyl groups excluding tert-OH is 1. The monoisotopic (exact) mass is 262 g/mol. The second-order valence-electron chi connectivity index (χ2n) is 4.08. The molecule has 5 heteroatoms. The van der Waals surface area contributed by atoms with Gasteiger partial charge in [-0.1, -0.05) is 30.3 Å². The van der Waals surface area contributed by atoms with Gasteiger partial charge in [-0.15, -0.1) is 0 Å². The lowest BCUT2D eigenvalue weighted by Crippen LogP contribution is -2.21. The average Bonchev–Trinajstić information content (AvgIpc) is 2.38. The quantitative estimate of drug-likeness (QED) is 0.865. The molecule has 1 aliphatic rings. The van der Waals surface area contributed by atoms with E-state index in [-0.39, 0.29) is 23.9 Å². The topological polar surface area (TPSA) is 76.0 Å². The van der Waals surface area contributed by atoms with Crippen LogP contribution < -0.4 is 0 Å². The first-order valence-corrected chi connectivity index (χ1v) is 5.76. The zero-order chi connectivity index (χ0) is 13.8. The third-order valence-electron chi connectivity index (χ3n) is 2.64. The minimum atomic E-state index is -1.22. The number of rotatable bonds is 4. The van der Waals surface area contributed by atoms with E-state index < -0.39 is 12.1 Å². The SMILES string of the molecule is CC1=C(OCc2ccccc2)C(O)C=C(C(=O)O)O1. The van der Waals surface area contributed by atoms with E-state index in [1.165, 1.54) is 0 Å². The molecule has 1 aliphatic heterocycles. The molecule has 1 unspecified atom stereocenters. The van der Waals surface area contributed by atoms with Crippen molar-refractivity contribution in [3.8, 4) is 0 Å². The van der Waals surface area contributed by atoms with Crippen LogP contribution >= 0.6 is 0 Å². The van der Waals surface area contributed by atoms with E-state index in [9.17, 15) is 9.90 Å². The van der Waals surface area contributed by atoms with Gasteiger partial charge in [0.25, 0.3) is 0 Å². The number of carbonyl (C=O) groups is 1. The summed E-state index contributed by atoms with van der Waals surface area (Å²) in [6.45, 7) is 1.84. The van der Waals surface area contributed by atoms with Crippen LogP contribution in [0.15, 0.2) is 53.7 Å². The van der Waals surface area contributed by atoms with Crippen molar-refractivity contribution in [2.24, 2.45) is 0 Å². The summed E-state index contributed by atoms with van der Waals surface area (Å²) in [6.07, 6.45) is -0.00101. The fourth-order valence-corrected chi connectivity index (χ4v) is 1.71. The molecule has 100 valence electrons. The first kappa shape index (κ1) is 13.2. The summed E-state index contributed by atoms with van der Waals surface area (Å²) < 4.78 is 10.6. The molecule has 2 N–H and O–H groups in total. The summed E-state index contributed by atoms with van der Waals surface area (Å²) >= 11 is 0. The number of ether oxygens (including phenoxy) is 2. The standard InChI is InChI=1S/C14H14O5/c1-9-13(11(15)7-12(19-9)14(16)17)18-8-10-5-3-2-4-6-10/h2-7,11,15H,8H2,1H3,(H,16,17). The number of carboxylic acids is 1. The van der Waals surface area contributed by atoms with E-state index in [0.717, 1.165) is 11.6 Å². The number of allylic oxidation sites excluding steroid dienone is 1. The van der Waals surface area contributed by atoms with Crippen LogP contribution in [-0.2, 0) is 20.9 Å². The smallest absolute Gasteiger partial charge is 0.371 e. The van der Waals surface area contributed by atoms with Crippen molar-refractivity contribution in [1.29, 1.82) is 0 Å². The molecule has 1 heterocycles. The normalized spacial score (nSPS) is 18.6. The van der Waals surface area contributed by atoms with Crippen molar-refractivity contribution in [2.75, 3.05) is 0 Å². The van der Waals surface area contributed by atoms with Gasteiger partial charge in [0, 0.05) is 6.08 Å². The van der Waals surface area contributed by atoms with Crippen molar-refractivity contribution in [1.82, 2.24) is 0 Å². The van der Waals surface area contributed by atoms with Gasteiger partial charge < -0.3 is 19.7 Å². The molecule has 19 heavy (non-hydrogen) atoms. The van der Waals surface area contributed by atoms with Crippen LogP contribution in [0.1, 0.15) is 12.5 Å². The molecule has 1 aromatic rings. The lowest BCUT2D eigenvalue weighted by atomic mass is 10.2. The Balaban J connectivity index is 2.05. The Kier molecular flexibility index (Phi) is 3.87. The highest BCUT2D eigenvalue weighted by atomic mass is 16.5. The van der Waals surface area contributed by atoms with Crippen molar-refractivity contribution in [2.45, 2.75) is 19.6 Å². The lowest BCUT2D eigenvalue weighted by Gasteiger charge is -2.22. The molecular formula is C14H14O5. The second-order valence-corrected chi connectivity index (χ2v) is 4.08. The molecule has 0 radical (unpaired) electrons. The molecule has 0 spiro atoms. The van der Waals surface area contributed by atoms with Crippen LogP contribution in [0.5, 0.6) is 0 Å². The van der Waals surface area contributed by atoms with E-state index in [0.29, 0.717) is 0 Å². The highest BCUT2D eigenvalue weighted by Crippen LogP contribution is 2.24. The van der Waals surface area contributed by atoms with E-state index >= 15 is 0 Å². The summed E-state index contributed by atoms with van der Waals surface area (Å²) in [6, 6.07) is 9.45. The fraction of sp³-hybridized carbons (Fsp3) is 0.214. The Morgan fingerprint density at radius 3 is 2.63 bits per heavy atom. The second kappa shape index (κ2) is 5.58. The van der Waals surface area contributed by atoms with Crippen molar-refractivity contribution >= 4 is 5.97 Å². The summed E-state index contributed by atoms with van der Waals surface area (Å²) in [7, 11) is 0. The van der Waals surface area contributed by atoms with E-state index in [1.807, 2.05) is 30.3 Å². The van der Waals surface area contributed by atoms with Crippen LogP contribution in [0.25, 0.3) is 0 Å². The van der Waals surface area contributed by atoms with Gasteiger partial charge in [0.1, 0.15) is 18.5 Å². The van der Waals surface area contributed by atoms with E-state index in [2.05, 4.69) is 0 Å². The van der Waals surface area contributed by atoms with Gasteiger partial charge in [0.2, 0.25) is 5.76 Å². The molecule has 0 saturated carbocycles. The zero-order valence-corrected chi connectivity index (χ0v) is 10.4. The van der Waals surface area contributed by atoms with Crippen LogP contribution in [-0.4, -0.2) is 22.3 Å². The number of carboxylic acid groups (broad SMARTS) is 1. The lowest BCUT2D eigenvalue weighted by molar-refractivity contribution is -0.136. The molecule has 0 fully saturated rings. The van der Waals surface area contributed by atoms with Crippen molar-refractivity contribution in [3.05, 3.63) is 59.2 Å². The van der Waals surface area contributed by atoms with Crippen molar-refractivity contribution in [3.63, 3.8) is 0 Å². The van der Waals surface area contributed by atoms with Gasteiger partial charge >= 0.3 is 5.97 Å². The fourth-order valence-electron chi connectivity index (χ4n) is 1.71. The molecule has 0 saturated heterocycles. The number of aliphatic hydroxyl groups is 1. The maximum absolute atomic E-state index is 10.8. The predicted molar refractivity (Wildman–Crippen MR) is 66.7 cm³/mol. The number of hydrogen-bond acceptors (Lipinski definition) is 4. The van der Waals surface area contributed by atoms with Gasteiger partial charge in [-0.2, -0.15) is 0 Å². The van der Waals surface area contributed by atoms with Crippen LogP contribution in [0.2, 0.25) is 0 Å². The third kappa shape index (κ3) is 3.14. The number of hydrogen-bond donors (Lipinski definition) is 2. The van der Waals surface area contributed by atoms with Crippen LogP contribution in [0.3, 0.4) is 0 Å².